The fraction of sp³-hybridized carbons (Fsp3) is 0.925. The van der Waals surface area contributed by atoms with Crippen LogP contribution in [0.2, 0.25) is 0 Å². The molecular formula is C40H79N2+. The molecule has 0 radical (unpaired) electrons. The van der Waals surface area contributed by atoms with Crippen LogP contribution in [0.5, 0.6) is 0 Å². The molecule has 0 aromatic carbocycles. The zero-order valence-corrected chi connectivity index (χ0v) is 29.6. The van der Waals surface area contributed by atoms with Crippen LogP contribution in [0.1, 0.15) is 226 Å². The summed E-state index contributed by atoms with van der Waals surface area (Å²) in [4.78, 5) is 0. The van der Waals surface area contributed by atoms with Crippen LogP contribution in [0, 0.1) is 0 Å². The maximum absolute atomic E-state index is 2.62. The minimum absolute atomic E-state index is 1.22. The first-order chi connectivity index (χ1) is 20.8. The van der Waals surface area contributed by atoms with E-state index in [0.29, 0.717) is 0 Å². The number of aromatic nitrogens is 2. The van der Waals surface area contributed by atoms with Crippen LogP contribution in [0.15, 0.2) is 12.4 Å². The minimum atomic E-state index is 1.22. The van der Waals surface area contributed by atoms with Gasteiger partial charge in [0, 0.05) is 6.42 Å². The Morgan fingerprint density at radius 3 is 1.14 bits per heavy atom. The van der Waals surface area contributed by atoms with Crippen LogP contribution in [-0.2, 0) is 19.5 Å². The summed E-state index contributed by atoms with van der Waals surface area (Å²) < 4.78 is 5.22. The molecule has 0 saturated heterocycles. The molecule has 0 amide bonds. The van der Waals surface area contributed by atoms with Gasteiger partial charge in [-0.1, -0.05) is 188 Å². The van der Waals surface area contributed by atoms with Crippen LogP contribution >= 0.6 is 0 Å². The van der Waals surface area contributed by atoms with E-state index in [-0.39, 0.29) is 0 Å². The number of hydrogen-bond donors (Lipinski definition) is 0. The number of imidazole rings is 1. The third-order valence-corrected chi connectivity index (χ3v) is 9.60. The fourth-order valence-corrected chi connectivity index (χ4v) is 6.68. The Labute approximate surface area is 266 Å². The third-order valence-electron chi connectivity index (χ3n) is 9.60. The van der Waals surface area contributed by atoms with E-state index in [1.807, 2.05) is 0 Å². The lowest BCUT2D eigenvalue weighted by molar-refractivity contribution is -0.704. The lowest BCUT2D eigenvalue weighted by Gasteiger charge is -2.07. The molecule has 42 heavy (non-hydrogen) atoms. The van der Waals surface area contributed by atoms with E-state index in [1.165, 1.54) is 219 Å². The van der Waals surface area contributed by atoms with Gasteiger partial charge in [0.15, 0.2) is 0 Å². The maximum Gasteiger partial charge on any atom is 0.256 e. The summed E-state index contributed by atoms with van der Waals surface area (Å²) in [5, 5.41) is 0. The average molecular weight is 588 g/mol. The van der Waals surface area contributed by atoms with Gasteiger partial charge in [-0.25, -0.2) is 9.13 Å². The Bertz CT molecular complexity index is 648. The second-order valence-electron chi connectivity index (χ2n) is 13.8. The quantitative estimate of drug-likeness (QED) is 0.0560. The lowest BCUT2D eigenvalue weighted by Crippen LogP contribution is -2.37. The van der Waals surface area contributed by atoms with Gasteiger partial charge in [0.05, 0.1) is 13.1 Å². The van der Waals surface area contributed by atoms with E-state index in [1.54, 1.807) is 5.82 Å². The van der Waals surface area contributed by atoms with Gasteiger partial charge in [-0.2, -0.15) is 0 Å². The molecule has 248 valence electrons. The number of aryl methyl sites for hydroxylation is 2. The van der Waals surface area contributed by atoms with Gasteiger partial charge in [-0.05, 0) is 32.1 Å². The topological polar surface area (TPSA) is 8.81 Å². The zero-order chi connectivity index (χ0) is 30.2. The van der Waals surface area contributed by atoms with Gasteiger partial charge in [0.1, 0.15) is 12.4 Å². The van der Waals surface area contributed by atoms with E-state index < -0.39 is 0 Å². The average Bonchev–Trinajstić information content (AvgIpc) is 3.38. The smallest absolute Gasteiger partial charge is 0.234 e. The summed E-state index contributed by atoms with van der Waals surface area (Å²) in [5.41, 5.74) is 0. The molecule has 1 aromatic heterocycles. The van der Waals surface area contributed by atoms with E-state index in [2.05, 4.69) is 42.3 Å². The molecule has 0 aliphatic heterocycles. The predicted molar refractivity (Wildman–Crippen MR) is 188 cm³/mol. The first-order valence-electron chi connectivity index (χ1n) is 19.9. The summed E-state index contributed by atoms with van der Waals surface area (Å²) in [7, 11) is 0. The molecule has 0 aliphatic rings. The Hall–Kier alpha value is -0.790. The highest BCUT2D eigenvalue weighted by molar-refractivity contribution is 4.84. The molecule has 0 atom stereocenters. The molecule has 0 bridgehead atoms. The summed E-state index contributed by atoms with van der Waals surface area (Å²) in [6, 6.07) is 0. The third kappa shape index (κ3) is 23.6. The standard InChI is InChI=1S/C40H79N2/c1-4-7-10-12-14-16-18-20-21-22-23-25-27-29-31-34-37-42-39-38-41(36-33-9-6-3)40(42)35-32-30-28-26-24-19-17-15-13-11-8-5-2/h38-39H,4-37H2,1-3H3/q+1. The van der Waals surface area contributed by atoms with Crippen molar-refractivity contribution < 1.29 is 4.57 Å². The largest absolute Gasteiger partial charge is 0.256 e. The maximum atomic E-state index is 2.62. The van der Waals surface area contributed by atoms with Crippen molar-refractivity contribution in [1.82, 2.24) is 4.57 Å². The van der Waals surface area contributed by atoms with Gasteiger partial charge in [0.2, 0.25) is 0 Å². The number of rotatable bonds is 34. The first kappa shape index (κ1) is 39.2. The Morgan fingerprint density at radius 2 is 0.738 bits per heavy atom. The highest BCUT2D eigenvalue weighted by Crippen LogP contribution is 2.16. The molecule has 0 N–H and O–H groups in total. The Kier molecular flexibility index (Phi) is 29.5. The van der Waals surface area contributed by atoms with E-state index in [0.717, 1.165) is 0 Å². The molecule has 1 rings (SSSR count). The van der Waals surface area contributed by atoms with Gasteiger partial charge in [-0.3, -0.25) is 0 Å². The van der Waals surface area contributed by atoms with Crippen LogP contribution in [-0.4, -0.2) is 4.57 Å². The first-order valence-corrected chi connectivity index (χ1v) is 19.9. The zero-order valence-electron chi connectivity index (χ0n) is 29.6. The van der Waals surface area contributed by atoms with E-state index >= 15 is 0 Å². The van der Waals surface area contributed by atoms with Crippen molar-refractivity contribution in [2.24, 2.45) is 0 Å². The molecular weight excluding hydrogens is 508 g/mol. The SMILES string of the molecule is CCCCCCCCCCCCCCCCCCn1cc[n+](CCCCC)c1CCCCCCCCCCCCCC. The van der Waals surface area contributed by atoms with Gasteiger partial charge < -0.3 is 0 Å². The molecule has 1 aromatic rings. The molecule has 0 saturated carbocycles. The monoisotopic (exact) mass is 588 g/mol. The van der Waals surface area contributed by atoms with Gasteiger partial charge in [-0.15, -0.1) is 0 Å². The van der Waals surface area contributed by atoms with E-state index in [9.17, 15) is 0 Å². The number of nitrogens with zero attached hydrogens (tertiary/aromatic N) is 2. The molecule has 2 nitrogen and oxygen atoms in total. The van der Waals surface area contributed by atoms with Gasteiger partial charge >= 0.3 is 0 Å². The normalized spacial score (nSPS) is 11.6. The van der Waals surface area contributed by atoms with Crippen molar-refractivity contribution in [1.29, 1.82) is 0 Å². The lowest BCUT2D eigenvalue weighted by atomic mass is 10.0. The van der Waals surface area contributed by atoms with Crippen molar-refractivity contribution in [3.63, 3.8) is 0 Å². The van der Waals surface area contributed by atoms with E-state index in [4.69, 9.17) is 0 Å². The Balaban J connectivity index is 2.12. The highest BCUT2D eigenvalue weighted by Gasteiger charge is 2.16. The highest BCUT2D eigenvalue weighted by atomic mass is 15.1. The van der Waals surface area contributed by atoms with Crippen LogP contribution in [0.4, 0.5) is 0 Å². The summed E-state index contributed by atoms with van der Waals surface area (Å²) in [6.45, 7) is 9.38. The summed E-state index contributed by atoms with van der Waals surface area (Å²) in [6.07, 6.45) is 50.5. The Morgan fingerprint density at radius 1 is 0.405 bits per heavy atom. The second kappa shape index (κ2) is 31.6. The predicted octanol–water partition coefficient (Wildman–Crippen LogP) is 13.5. The minimum Gasteiger partial charge on any atom is -0.234 e. The van der Waals surface area contributed by atoms with Crippen molar-refractivity contribution in [3.05, 3.63) is 18.2 Å². The molecule has 2 heteroatoms. The summed E-state index contributed by atoms with van der Waals surface area (Å²) >= 11 is 0. The summed E-state index contributed by atoms with van der Waals surface area (Å²) in [5.74, 6) is 1.61. The number of unbranched alkanes of at least 4 members (excludes halogenated alkanes) is 28. The molecule has 0 unspecified atom stereocenters. The second-order valence-corrected chi connectivity index (χ2v) is 13.8. The van der Waals surface area contributed by atoms with Crippen LogP contribution < -0.4 is 4.57 Å². The van der Waals surface area contributed by atoms with Crippen molar-refractivity contribution in [2.75, 3.05) is 0 Å². The molecule has 1 heterocycles. The molecule has 0 fully saturated rings. The number of hydrogen-bond acceptors (Lipinski definition) is 0. The van der Waals surface area contributed by atoms with Crippen LogP contribution in [0.3, 0.4) is 0 Å². The van der Waals surface area contributed by atoms with Crippen molar-refractivity contribution in [3.8, 4) is 0 Å². The van der Waals surface area contributed by atoms with Crippen molar-refractivity contribution in [2.45, 2.75) is 239 Å². The molecule has 0 aliphatic carbocycles. The molecule has 0 spiro atoms. The van der Waals surface area contributed by atoms with Gasteiger partial charge in [0.25, 0.3) is 5.82 Å². The fourth-order valence-electron chi connectivity index (χ4n) is 6.68. The van der Waals surface area contributed by atoms with Crippen LogP contribution in [0.25, 0.3) is 0 Å². The van der Waals surface area contributed by atoms with Crippen molar-refractivity contribution >= 4 is 0 Å².